The van der Waals surface area contributed by atoms with Crippen molar-refractivity contribution in [2.24, 2.45) is 0 Å². The van der Waals surface area contributed by atoms with Crippen molar-refractivity contribution < 1.29 is 29.0 Å². The summed E-state index contributed by atoms with van der Waals surface area (Å²) in [7, 11) is 1.58. The van der Waals surface area contributed by atoms with Gasteiger partial charge in [-0.1, -0.05) is 0 Å². The number of carbonyl (C=O) groups excluding carboxylic acids is 4. The van der Waals surface area contributed by atoms with Crippen LogP contribution in [0.15, 0.2) is 61.1 Å². The smallest absolute Gasteiger partial charge is 0.269 e. The van der Waals surface area contributed by atoms with Gasteiger partial charge in [0.25, 0.3) is 11.8 Å². The Morgan fingerprint density at radius 1 is 0.824 bits per heavy atom. The zero-order valence-electron chi connectivity index (χ0n) is 38.5. The van der Waals surface area contributed by atoms with Gasteiger partial charge < -0.3 is 29.9 Å². The van der Waals surface area contributed by atoms with E-state index in [1.165, 1.54) is 28.8 Å². The summed E-state index contributed by atoms with van der Waals surface area (Å²) >= 11 is 1.64. The second-order valence-electron chi connectivity index (χ2n) is 18.8. The quantitative estimate of drug-likeness (QED) is 0.142. The maximum absolute atomic E-state index is 14.0. The van der Waals surface area contributed by atoms with Gasteiger partial charge in [-0.2, -0.15) is 0 Å². The largest absolute Gasteiger partial charge is 0.480 e. The highest BCUT2D eigenvalue weighted by Crippen LogP contribution is 2.41. The molecule has 1 unspecified atom stereocenters. The molecule has 1 aromatic carbocycles. The number of imide groups is 1. The van der Waals surface area contributed by atoms with Gasteiger partial charge in [0.15, 0.2) is 0 Å². The number of anilines is 5. The number of amides is 4. The summed E-state index contributed by atoms with van der Waals surface area (Å²) in [5.74, 6) is 0.656. The van der Waals surface area contributed by atoms with Crippen LogP contribution < -0.4 is 30.1 Å². The number of thiophene rings is 1. The number of carbonyl (C=O) groups is 4. The van der Waals surface area contributed by atoms with Crippen LogP contribution in [0.4, 0.5) is 28.7 Å². The highest BCUT2D eigenvalue weighted by atomic mass is 32.1. The normalized spacial score (nSPS) is 21.2. The van der Waals surface area contributed by atoms with Crippen molar-refractivity contribution in [2.75, 3.05) is 66.4 Å². The standard InChI is InChI=1S/C51H56N10O6S/c1-30-27-58(33-14-18-57(19-15-33)34-7-9-37-32(23-34)28-61(50(37)65)42-10-12-45(63)56-48(42)64)21-22-59(30)35-8-11-44(53-26-35)55-41-24-31(25-54-49(41)67-2)36-13-17-52-47(40(36)29-62)60-20-16-39-38-5-3-4-6-43(38)68-46(39)51(60)66/h7-9,11,13,17,23-26,30,33,42,62H,3-6,10,12,14-16,18-22,27-29H2,1-2H3,(H,53,55)(H,56,63,64)/t30-,42?/m0/s1. The number of nitrogens with zero attached hydrogens (tertiary/aromatic N) is 8. The Bertz CT molecular complexity index is 2810. The number of ether oxygens (including phenoxy) is 1. The molecule has 3 saturated heterocycles. The number of nitrogens with one attached hydrogen (secondary N) is 2. The number of piperazine rings is 1. The molecule has 5 aliphatic heterocycles. The fourth-order valence-corrected chi connectivity index (χ4v) is 12.8. The van der Waals surface area contributed by atoms with Crippen molar-refractivity contribution in [3.63, 3.8) is 0 Å². The van der Waals surface area contributed by atoms with Gasteiger partial charge >= 0.3 is 0 Å². The number of fused-ring (bicyclic) bond motifs is 4. The van der Waals surface area contributed by atoms with Gasteiger partial charge in [-0.25, -0.2) is 15.0 Å². The monoisotopic (exact) mass is 936 g/mol. The summed E-state index contributed by atoms with van der Waals surface area (Å²) in [6, 6.07) is 14.0. The molecule has 1 aliphatic carbocycles. The zero-order chi connectivity index (χ0) is 46.6. The molecule has 16 nitrogen and oxygen atoms in total. The Morgan fingerprint density at radius 2 is 1.66 bits per heavy atom. The number of aliphatic hydroxyl groups excluding tert-OH is 1. The number of hydrogen-bond acceptors (Lipinski definition) is 14. The van der Waals surface area contributed by atoms with Crippen molar-refractivity contribution in [1.82, 2.24) is 30.1 Å². The van der Waals surface area contributed by atoms with E-state index in [0.717, 1.165) is 97.8 Å². The van der Waals surface area contributed by atoms with E-state index in [9.17, 15) is 24.3 Å². The summed E-state index contributed by atoms with van der Waals surface area (Å²) in [5.41, 5.74) is 9.01. The second-order valence-corrected chi connectivity index (χ2v) is 20.0. The van der Waals surface area contributed by atoms with Gasteiger partial charge in [0.1, 0.15) is 23.4 Å². The molecule has 0 bridgehead atoms. The minimum atomic E-state index is -0.613. The van der Waals surface area contributed by atoms with Crippen molar-refractivity contribution >= 4 is 63.7 Å². The molecule has 0 radical (unpaired) electrons. The van der Waals surface area contributed by atoms with Crippen molar-refractivity contribution in [1.29, 1.82) is 0 Å². The molecule has 2 atom stereocenters. The van der Waals surface area contributed by atoms with Gasteiger partial charge in [-0.3, -0.25) is 34.3 Å². The number of aliphatic hydroxyl groups is 1. The first-order valence-electron chi connectivity index (χ1n) is 24.0. The molecule has 11 rings (SSSR count). The van der Waals surface area contributed by atoms with E-state index >= 15 is 0 Å². The van der Waals surface area contributed by atoms with Gasteiger partial charge in [0.05, 0.1) is 30.5 Å². The first-order valence-corrected chi connectivity index (χ1v) is 24.8. The van der Waals surface area contributed by atoms with Crippen LogP contribution in [0.1, 0.15) is 92.6 Å². The van der Waals surface area contributed by atoms with Gasteiger partial charge in [-0.05, 0) is 123 Å². The average Bonchev–Trinajstić information content (AvgIpc) is 3.91. The Balaban J connectivity index is 0.713. The van der Waals surface area contributed by atoms with Crippen molar-refractivity contribution in [3.8, 4) is 17.0 Å². The third-order valence-electron chi connectivity index (χ3n) is 15.0. The van der Waals surface area contributed by atoms with E-state index in [1.54, 1.807) is 40.6 Å². The number of methoxy groups -OCH3 is 1. The SMILES string of the molecule is COc1ncc(-c2ccnc(N3CCc4c(sc5c4CCCC5)C3=O)c2CO)cc1Nc1ccc(N2CCN(C3CCN(c4ccc5c(c4)CN(C4CCC(=O)NC4=O)C5=O)CC3)C[C@@H]2C)cn1. The summed E-state index contributed by atoms with van der Waals surface area (Å²) in [5, 5.41) is 16.6. The minimum Gasteiger partial charge on any atom is -0.480 e. The number of rotatable bonds is 10. The van der Waals surface area contributed by atoms with E-state index in [2.05, 4.69) is 54.4 Å². The molecule has 0 saturated carbocycles. The number of piperidine rings is 2. The third-order valence-corrected chi connectivity index (χ3v) is 16.3. The van der Waals surface area contributed by atoms with E-state index in [0.29, 0.717) is 59.9 Å². The molecular formula is C51H56N10O6S. The van der Waals surface area contributed by atoms with Crippen LogP contribution in [0, 0.1) is 0 Å². The molecule has 9 heterocycles. The molecule has 68 heavy (non-hydrogen) atoms. The lowest BCUT2D eigenvalue weighted by Gasteiger charge is -2.46. The first-order chi connectivity index (χ1) is 33.1. The molecule has 6 aliphatic rings. The van der Waals surface area contributed by atoms with E-state index in [1.807, 2.05) is 36.5 Å². The van der Waals surface area contributed by atoms with Crippen LogP contribution in [0.5, 0.6) is 5.88 Å². The van der Waals surface area contributed by atoms with E-state index < -0.39 is 6.04 Å². The van der Waals surface area contributed by atoms with Crippen LogP contribution in [0.25, 0.3) is 11.1 Å². The summed E-state index contributed by atoms with van der Waals surface area (Å²) in [4.78, 5) is 78.6. The summed E-state index contributed by atoms with van der Waals surface area (Å²) < 4.78 is 5.67. The van der Waals surface area contributed by atoms with E-state index in [4.69, 9.17) is 9.72 Å². The average molecular weight is 937 g/mol. The van der Waals surface area contributed by atoms with Crippen LogP contribution >= 0.6 is 11.3 Å². The molecular weight excluding hydrogens is 881 g/mol. The summed E-state index contributed by atoms with van der Waals surface area (Å²) in [6.45, 7) is 7.52. The van der Waals surface area contributed by atoms with Crippen LogP contribution in [-0.2, 0) is 42.0 Å². The lowest BCUT2D eigenvalue weighted by atomic mass is 9.92. The van der Waals surface area contributed by atoms with Crippen LogP contribution in [-0.4, -0.2) is 118 Å². The number of pyridine rings is 3. The third kappa shape index (κ3) is 8.03. The van der Waals surface area contributed by atoms with Crippen LogP contribution in [0.2, 0.25) is 0 Å². The highest BCUT2D eigenvalue weighted by Gasteiger charge is 2.40. The summed E-state index contributed by atoms with van der Waals surface area (Å²) in [6.07, 6.45) is 13.2. The van der Waals surface area contributed by atoms with Crippen molar-refractivity contribution in [3.05, 3.63) is 98.6 Å². The predicted molar refractivity (Wildman–Crippen MR) is 260 cm³/mol. The van der Waals surface area contributed by atoms with Gasteiger partial charge in [0.2, 0.25) is 17.7 Å². The molecule has 3 fully saturated rings. The lowest BCUT2D eigenvalue weighted by molar-refractivity contribution is -0.136. The Morgan fingerprint density at radius 3 is 2.44 bits per heavy atom. The molecule has 4 aromatic heterocycles. The maximum Gasteiger partial charge on any atom is 0.269 e. The van der Waals surface area contributed by atoms with Gasteiger partial charge in [-0.15, -0.1) is 11.3 Å². The molecule has 3 N–H and O–H groups in total. The second kappa shape index (κ2) is 18.2. The molecule has 17 heteroatoms. The zero-order valence-corrected chi connectivity index (χ0v) is 39.3. The fraction of sp³-hybridized carbons (Fsp3) is 0.431. The fourth-order valence-electron chi connectivity index (χ4n) is 11.4. The molecule has 0 spiro atoms. The van der Waals surface area contributed by atoms with E-state index in [-0.39, 0.29) is 42.7 Å². The predicted octanol–water partition coefficient (Wildman–Crippen LogP) is 5.87. The number of aryl methyl sites for hydroxylation is 1. The van der Waals surface area contributed by atoms with Crippen molar-refractivity contribution in [2.45, 2.75) is 96.0 Å². The number of hydrogen-bond donors (Lipinski definition) is 3. The van der Waals surface area contributed by atoms with Crippen LogP contribution in [0.3, 0.4) is 0 Å². The molecule has 352 valence electrons. The first kappa shape index (κ1) is 44.1. The lowest BCUT2D eigenvalue weighted by Crippen LogP contribution is -2.57. The number of benzene rings is 1. The minimum absolute atomic E-state index is 0.0408. The van der Waals surface area contributed by atoms with Gasteiger partial charge in [0, 0.05) is 104 Å². The Labute approximate surface area is 399 Å². The Hall–Kier alpha value is -6.43. The molecule has 4 amide bonds. The maximum atomic E-state index is 14.0. The Kier molecular flexibility index (Phi) is 11.8. The topological polar surface area (TPSA) is 177 Å². The molecule has 5 aromatic rings. The highest BCUT2D eigenvalue weighted by molar-refractivity contribution is 7.14. The number of aromatic nitrogens is 3.